The Labute approximate surface area is 699 Å². The van der Waals surface area contributed by atoms with Crippen molar-refractivity contribution >= 4 is 0 Å². The largest absolute Gasteiger partial charge is 0.204 e. The molecule has 5 aromatic carbocycles. The average Bonchev–Trinajstić information content (AvgIpc) is 1.38. The second-order valence-electron chi connectivity index (χ2n) is 36.3. The first-order chi connectivity index (χ1) is 58.0. The number of allylic oxidation sites excluding steroid dienone is 18. The lowest BCUT2D eigenvalue weighted by molar-refractivity contribution is 0.0447. The van der Waals surface area contributed by atoms with E-state index in [0.717, 1.165) is 126 Å². The molecule has 5 aromatic rings. The van der Waals surface area contributed by atoms with Crippen LogP contribution in [0.3, 0.4) is 0 Å². The van der Waals surface area contributed by atoms with Crippen LogP contribution in [0.5, 0.6) is 0 Å². The Bertz CT molecular complexity index is 4960. The van der Waals surface area contributed by atoms with Gasteiger partial charge in [-0.1, -0.05) is 166 Å². The minimum atomic E-state index is -2.20. The predicted octanol–water partition coefficient (Wildman–Crippen LogP) is 30.0. The first-order valence-corrected chi connectivity index (χ1v) is 45.5. The third kappa shape index (κ3) is 11.9. The molecule has 16 aliphatic carbocycles. The molecule has 4 spiro atoms. The Balaban J connectivity index is 0.000000350. The molecule has 0 aliphatic heterocycles. The second-order valence-corrected chi connectivity index (χ2v) is 36.3. The number of hydrogen-bond donors (Lipinski definition) is 0. The lowest BCUT2D eigenvalue weighted by atomic mass is 9.60. The summed E-state index contributed by atoms with van der Waals surface area (Å²) < 4.78 is 267. The van der Waals surface area contributed by atoms with Gasteiger partial charge in [0.1, 0.15) is 0 Å². The summed E-state index contributed by atoms with van der Waals surface area (Å²) in [5.74, 6) is -28.4. The second kappa shape index (κ2) is 33.3. The number of rotatable bonds is 8. The number of hydrogen-bond acceptors (Lipinski definition) is 0. The van der Waals surface area contributed by atoms with Gasteiger partial charge in [-0.2, -0.15) is 0 Å². The highest BCUT2D eigenvalue weighted by atomic mass is 19.2. The Hall–Kier alpha value is -7.36. The van der Waals surface area contributed by atoms with E-state index in [9.17, 15) is 0 Å². The van der Waals surface area contributed by atoms with Crippen molar-refractivity contribution in [3.05, 3.63) is 282 Å². The van der Waals surface area contributed by atoms with Crippen LogP contribution in [0.1, 0.15) is 232 Å². The van der Waals surface area contributed by atoms with E-state index in [1.54, 1.807) is 6.92 Å². The van der Waals surface area contributed by atoms with Gasteiger partial charge in [0.2, 0.25) is 0 Å². The molecule has 0 heterocycles. The smallest absolute Gasteiger partial charge is 0.197 e. The van der Waals surface area contributed by atoms with Gasteiger partial charge in [-0.05, 0) is 352 Å². The van der Waals surface area contributed by atoms with Crippen LogP contribution >= 0.6 is 0 Å². The Morgan fingerprint density at radius 1 is 0.325 bits per heavy atom. The van der Waals surface area contributed by atoms with Gasteiger partial charge in [0, 0.05) is 21.7 Å². The highest BCUT2D eigenvalue weighted by Crippen LogP contribution is 3.04. The van der Waals surface area contributed by atoms with Crippen molar-refractivity contribution in [2.45, 2.75) is 235 Å². The topological polar surface area (TPSA) is 0 Å². The van der Waals surface area contributed by atoms with E-state index in [1.165, 1.54) is 5.57 Å². The van der Waals surface area contributed by atoms with E-state index >= 15 is 70.2 Å². The van der Waals surface area contributed by atoms with Crippen molar-refractivity contribution in [3.63, 3.8) is 0 Å². The fourth-order valence-corrected chi connectivity index (χ4v) is 31.3. The maximum atomic E-state index is 17.6. The normalized spacial score (nSPS) is 38.0. The summed E-state index contributed by atoms with van der Waals surface area (Å²) in [6, 6.07) is 7.64. The minimum Gasteiger partial charge on any atom is -0.204 e. The molecule has 16 heteroatoms. The zero-order chi connectivity index (χ0) is 86.0. The first-order valence-electron chi connectivity index (χ1n) is 45.5. The average molecular weight is 1670 g/mol. The Morgan fingerprint density at radius 2 is 0.733 bits per heavy atom. The highest BCUT2D eigenvalue weighted by molar-refractivity contribution is 5.79. The summed E-state index contributed by atoms with van der Waals surface area (Å²) in [6.45, 7) is 21.7. The monoisotopic (exact) mass is 1670 g/mol. The van der Waals surface area contributed by atoms with Gasteiger partial charge in [0.25, 0.3) is 0 Å². The standard InChI is InChI=1S/C76H62F16.C18H24.5C2H6/c1-70(24-30-15-54(79)64(88)55(80)16-30)51(17-31-18-56(81)67(91)68(92)62(31)86)61-42(12-29-13-52(77)63(87)53(78)14-29)69(70)76(33-21-59(84)66(90)60(85)22-33)73-26-44-37-5-3-35-34-2-4-36-43(40(34)23-41(35)44)25-71-47(36)8-9-48-38-6-7-39-46(28-74(73,76)50(39)11-10-49(37)73)45(38)27-72(48,71)75(61,71)32-19-57(82)65(89)58(83)20-32;1-2-4-6-8-10-12-14-16-18-17-15-13-11-9-7-5-3-1;5*1-2/h13-16,18-22,28,34-41,43-45,47-50H,2-12,17,23-27H2,1H3;1-6,11-14,17-18H,7-10,15-16H2;5*1-2H3/b;2-1-,5-3-,6-4-,13-11-,14-12?,18-17-;;;;;. The van der Waals surface area contributed by atoms with Crippen molar-refractivity contribution in [2.75, 3.05) is 0 Å². The molecule has 22 atom stereocenters. The molecule has 0 amide bonds. The van der Waals surface area contributed by atoms with Crippen LogP contribution in [0.25, 0.3) is 0 Å². The van der Waals surface area contributed by atoms with Gasteiger partial charge < -0.3 is 0 Å². The summed E-state index contributed by atoms with van der Waals surface area (Å²) in [6.07, 6.45) is 43.0. The van der Waals surface area contributed by atoms with Gasteiger partial charge in [-0.25, -0.2) is 70.2 Å². The molecule has 0 saturated heterocycles. The van der Waals surface area contributed by atoms with Crippen molar-refractivity contribution in [1.82, 2.24) is 0 Å². The molecule has 20 bridgehead atoms. The van der Waals surface area contributed by atoms with E-state index in [1.807, 2.05) is 69.2 Å². The molecule has 11 fully saturated rings. The molecule has 120 heavy (non-hydrogen) atoms. The summed E-state index contributed by atoms with van der Waals surface area (Å²) in [7, 11) is 0. The Morgan fingerprint density at radius 3 is 1.25 bits per heavy atom. The zero-order valence-corrected chi connectivity index (χ0v) is 71.2. The first kappa shape index (κ1) is 87.5. The Kier molecular flexibility index (Phi) is 24.3. The minimum absolute atomic E-state index is 0.0174. The third-order valence-corrected chi connectivity index (χ3v) is 33.4. The molecule has 644 valence electrons. The van der Waals surface area contributed by atoms with E-state index in [-0.39, 0.29) is 121 Å². The molecule has 11 saturated carbocycles. The fourth-order valence-electron chi connectivity index (χ4n) is 31.3. The van der Waals surface area contributed by atoms with Gasteiger partial charge >= 0.3 is 0 Å². The SMILES string of the molecule is C1=CCC\C=C/C=C\C=C/CC/C=C\C/C=C\C1.CC.CC.CC.CC.CC.CC1(Cc2cc(F)c(F)c(F)c2)C(Cc2cc(F)c(F)c(F)c2F)=C2C(Cc3cc(F)c(F)c(F)c3)=C1C1(c3cc(F)c(F)c(F)c3)C34C=C5C6CC78C9CCC%10C%11CCC%12C%13CCC%14C(CC13C%14CCC4C5CCC69)C%13CC%12C%11CC%107C28c1cc(F)c(F)c(F)c1. The van der Waals surface area contributed by atoms with Crippen LogP contribution in [0, 0.1) is 209 Å². The molecule has 16 aliphatic rings. The quantitative estimate of drug-likeness (QED) is 0.0629. The summed E-state index contributed by atoms with van der Waals surface area (Å²) in [4.78, 5) is 0. The van der Waals surface area contributed by atoms with E-state index < -0.39 is 156 Å². The molecule has 0 nitrogen and oxygen atoms in total. The molecular weight excluding hydrogens is 1550 g/mol. The maximum absolute atomic E-state index is 17.6. The molecular formula is C104H116F16. The maximum Gasteiger partial charge on any atom is 0.197 e. The van der Waals surface area contributed by atoms with Crippen LogP contribution in [0.4, 0.5) is 70.2 Å². The summed E-state index contributed by atoms with van der Waals surface area (Å²) in [5.41, 5.74) is -9.88. The lowest BCUT2D eigenvalue weighted by Gasteiger charge is -2.45. The van der Waals surface area contributed by atoms with Crippen molar-refractivity contribution in [2.24, 2.45) is 116 Å². The van der Waals surface area contributed by atoms with Gasteiger partial charge in [-0.15, -0.1) is 0 Å². The van der Waals surface area contributed by atoms with Crippen LogP contribution in [-0.4, -0.2) is 0 Å². The van der Waals surface area contributed by atoms with Gasteiger partial charge in [0.15, 0.2) is 93.1 Å². The predicted molar refractivity (Wildman–Crippen MR) is 442 cm³/mol. The third-order valence-electron chi connectivity index (χ3n) is 33.4. The number of halogens is 16. The molecule has 22 unspecified atom stereocenters. The van der Waals surface area contributed by atoms with E-state index in [2.05, 4.69) is 79.0 Å². The highest BCUT2D eigenvalue weighted by Gasteiger charge is 3.01. The van der Waals surface area contributed by atoms with Crippen LogP contribution in [0.15, 0.2) is 161 Å². The number of benzene rings is 5. The molecule has 0 aromatic heterocycles. The lowest BCUT2D eigenvalue weighted by Crippen LogP contribution is -2.38. The van der Waals surface area contributed by atoms with Crippen molar-refractivity contribution < 1.29 is 70.2 Å². The van der Waals surface area contributed by atoms with Gasteiger partial charge in [-0.3, -0.25) is 0 Å². The zero-order valence-electron chi connectivity index (χ0n) is 71.2. The van der Waals surface area contributed by atoms with E-state index in [4.69, 9.17) is 0 Å². The van der Waals surface area contributed by atoms with Crippen molar-refractivity contribution in [3.8, 4) is 0 Å². The summed E-state index contributed by atoms with van der Waals surface area (Å²) in [5, 5.41) is 0. The van der Waals surface area contributed by atoms with Gasteiger partial charge in [0.05, 0.1) is 0 Å². The van der Waals surface area contributed by atoms with Crippen LogP contribution in [0.2, 0.25) is 0 Å². The van der Waals surface area contributed by atoms with Crippen LogP contribution < -0.4 is 0 Å². The fraction of sp³-hybridized carbons (Fsp3) is 0.538. The summed E-state index contributed by atoms with van der Waals surface area (Å²) >= 11 is 0. The molecule has 0 radical (unpaired) electrons. The molecule has 21 rings (SSSR count). The van der Waals surface area contributed by atoms with Crippen LogP contribution in [-0.2, 0) is 30.1 Å². The molecule has 0 N–H and O–H groups in total. The van der Waals surface area contributed by atoms with E-state index in [0.29, 0.717) is 69.3 Å². The van der Waals surface area contributed by atoms with Crippen molar-refractivity contribution in [1.29, 1.82) is 0 Å².